The summed E-state index contributed by atoms with van der Waals surface area (Å²) in [5, 5.41) is 8.86. The maximum absolute atomic E-state index is 12.7. The molecule has 0 spiro atoms. The Bertz CT molecular complexity index is 1110. The van der Waals surface area contributed by atoms with Crippen LogP contribution in [0.25, 0.3) is 0 Å². The molecule has 0 radical (unpaired) electrons. The van der Waals surface area contributed by atoms with Crippen LogP contribution in [0.5, 0.6) is 5.75 Å². The van der Waals surface area contributed by atoms with Gasteiger partial charge in [0.2, 0.25) is 0 Å². The van der Waals surface area contributed by atoms with Gasteiger partial charge in [0, 0.05) is 35.3 Å². The number of hydrogen-bond donors (Lipinski definition) is 2. The van der Waals surface area contributed by atoms with E-state index in [0.29, 0.717) is 35.1 Å². The van der Waals surface area contributed by atoms with E-state index in [1.807, 2.05) is 17.5 Å². The topological polar surface area (TPSA) is 96.5 Å². The van der Waals surface area contributed by atoms with Gasteiger partial charge < -0.3 is 20.3 Å². The number of pyridine rings is 1. The van der Waals surface area contributed by atoms with Gasteiger partial charge in [-0.15, -0.1) is 11.3 Å². The number of aromatic nitrogens is 2. The van der Waals surface area contributed by atoms with Gasteiger partial charge in [0.15, 0.2) is 5.13 Å². The summed E-state index contributed by atoms with van der Waals surface area (Å²) in [6.07, 6.45) is 2.35. The molecule has 0 saturated carbocycles. The number of amides is 2. The highest BCUT2D eigenvalue weighted by molar-refractivity contribution is 7.13. The number of methoxy groups -OCH3 is 1. The lowest BCUT2D eigenvalue weighted by molar-refractivity contribution is -0.146. The van der Waals surface area contributed by atoms with Crippen LogP contribution in [-0.4, -0.2) is 40.3 Å². The summed E-state index contributed by atoms with van der Waals surface area (Å²) in [6.45, 7) is 0.817. The maximum atomic E-state index is 12.7. The second-order valence-electron chi connectivity index (χ2n) is 6.84. The monoisotopic (exact) mass is 457 g/mol. The molecule has 0 aliphatic carbocycles. The molecular weight excluding hydrogens is 438 g/mol. The first-order chi connectivity index (χ1) is 15.0. The molecule has 2 aromatic heterocycles. The fourth-order valence-corrected chi connectivity index (χ4v) is 4.11. The summed E-state index contributed by atoms with van der Waals surface area (Å²) in [7, 11) is 1.53. The van der Waals surface area contributed by atoms with E-state index in [4.69, 9.17) is 16.3 Å². The number of halogens is 1. The maximum Gasteiger partial charge on any atom is 0.312 e. The highest BCUT2D eigenvalue weighted by Gasteiger charge is 2.27. The Balaban J connectivity index is 1.40. The number of carbonyl (C=O) groups excluding carboxylic acids is 2. The van der Waals surface area contributed by atoms with Crippen molar-refractivity contribution in [3.05, 3.63) is 63.8 Å². The van der Waals surface area contributed by atoms with Gasteiger partial charge in [-0.25, -0.2) is 9.97 Å². The minimum Gasteiger partial charge on any atom is -0.496 e. The van der Waals surface area contributed by atoms with Gasteiger partial charge in [-0.3, -0.25) is 9.59 Å². The van der Waals surface area contributed by atoms with Crippen molar-refractivity contribution in [1.82, 2.24) is 20.2 Å². The number of anilines is 2. The molecule has 0 saturated heterocycles. The molecule has 0 bridgehead atoms. The van der Waals surface area contributed by atoms with Crippen LogP contribution in [0, 0.1) is 0 Å². The van der Waals surface area contributed by atoms with Crippen LogP contribution < -0.4 is 15.4 Å². The van der Waals surface area contributed by atoms with E-state index >= 15 is 0 Å². The first-order valence-corrected chi connectivity index (χ1v) is 10.8. The van der Waals surface area contributed by atoms with Crippen LogP contribution in [0.1, 0.15) is 16.8 Å². The third kappa shape index (κ3) is 4.78. The van der Waals surface area contributed by atoms with Crippen LogP contribution >= 0.6 is 22.9 Å². The fraction of sp³-hybridized carbons (Fsp3) is 0.238. The Morgan fingerprint density at radius 2 is 2.16 bits per heavy atom. The zero-order valence-electron chi connectivity index (χ0n) is 16.7. The molecule has 8 nitrogen and oxygen atoms in total. The van der Waals surface area contributed by atoms with Crippen molar-refractivity contribution in [3.8, 4) is 5.75 Å². The van der Waals surface area contributed by atoms with Crippen LogP contribution in [0.2, 0.25) is 5.02 Å². The van der Waals surface area contributed by atoms with E-state index in [1.54, 1.807) is 24.4 Å². The molecule has 2 N–H and O–H groups in total. The highest BCUT2D eigenvalue weighted by Crippen LogP contribution is 2.26. The van der Waals surface area contributed by atoms with Gasteiger partial charge in [0.1, 0.15) is 11.6 Å². The largest absolute Gasteiger partial charge is 0.496 e. The number of ether oxygens (including phenoxy) is 1. The summed E-state index contributed by atoms with van der Waals surface area (Å²) in [5.74, 6) is -0.0888. The molecule has 3 heterocycles. The molecule has 1 aliphatic heterocycles. The van der Waals surface area contributed by atoms with E-state index < -0.39 is 11.8 Å². The predicted molar refractivity (Wildman–Crippen MR) is 119 cm³/mol. The predicted octanol–water partition coefficient (Wildman–Crippen LogP) is 3.14. The van der Waals surface area contributed by atoms with Crippen molar-refractivity contribution in [3.63, 3.8) is 0 Å². The van der Waals surface area contributed by atoms with Crippen LogP contribution in [0.4, 0.5) is 10.9 Å². The number of nitrogens with one attached hydrogen (secondary N) is 2. The third-order valence-corrected chi connectivity index (χ3v) is 5.97. The van der Waals surface area contributed by atoms with Crippen molar-refractivity contribution < 1.29 is 14.3 Å². The first-order valence-electron chi connectivity index (χ1n) is 9.59. The van der Waals surface area contributed by atoms with Crippen molar-refractivity contribution in [2.24, 2.45) is 0 Å². The molecule has 160 valence electrons. The Labute approximate surface area is 188 Å². The van der Waals surface area contributed by atoms with E-state index in [-0.39, 0.29) is 13.1 Å². The summed E-state index contributed by atoms with van der Waals surface area (Å²) in [6, 6.07) is 9.09. The number of rotatable bonds is 5. The van der Waals surface area contributed by atoms with E-state index in [1.165, 1.54) is 23.3 Å². The molecule has 31 heavy (non-hydrogen) atoms. The summed E-state index contributed by atoms with van der Waals surface area (Å²) in [4.78, 5) is 35.5. The number of carbonyl (C=O) groups is 2. The third-order valence-electron chi connectivity index (χ3n) is 4.93. The van der Waals surface area contributed by atoms with Gasteiger partial charge in [0.25, 0.3) is 0 Å². The molecule has 4 rings (SSSR count). The van der Waals surface area contributed by atoms with Crippen molar-refractivity contribution >= 4 is 45.7 Å². The number of hydrogen-bond acceptors (Lipinski definition) is 7. The number of thiazole rings is 1. The molecule has 3 aromatic rings. The van der Waals surface area contributed by atoms with Gasteiger partial charge >= 0.3 is 11.8 Å². The number of benzene rings is 1. The van der Waals surface area contributed by atoms with Crippen LogP contribution in [-0.2, 0) is 29.1 Å². The molecule has 1 aliphatic rings. The minimum atomic E-state index is -0.692. The van der Waals surface area contributed by atoms with E-state index in [2.05, 4.69) is 20.6 Å². The molecule has 1 aromatic carbocycles. The van der Waals surface area contributed by atoms with Gasteiger partial charge in [-0.2, -0.15) is 0 Å². The van der Waals surface area contributed by atoms with Crippen molar-refractivity contribution in [2.45, 2.75) is 19.5 Å². The average Bonchev–Trinajstić information content (AvgIpc) is 3.30. The lowest BCUT2D eigenvalue weighted by Gasteiger charge is -2.28. The average molecular weight is 458 g/mol. The van der Waals surface area contributed by atoms with Crippen LogP contribution in [0.3, 0.4) is 0 Å². The van der Waals surface area contributed by atoms with Crippen molar-refractivity contribution in [2.75, 3.05) is 19.0 Å². The Hall–Kier alpha value is -3.17. The zero-order chi connectivity index (χ0) is 21.8. The number of fused-ring (bicyclic) bond motifs is 1. The molecule has 10 heteroatoms. The SMILES string of the molecule is COc1cccc(Cl)c1CNC(=O)C(=O)N1CCc2ccc(Nc3nccs3)nc2C1. The summed E-state index contributed by atoms with van der Waals surface area (Å²) >= 11 is 7.67. The second-order valence-corrected chi connectivity index (χ2v) is 8.15. The molecule has 0 atom stereocenters. The minimum absolute atomic E-state index is 0.0952. The standard InChI is InChI=1S/C21H20ClN5O3S/c1-30-17-4-2-3-15(22)14(17)11-24-19(28)20(29)27-9-7-13-5-6-18(25-16(13)12-27)26-21-23-8-10-31-21/h2-6,8,10H,7,9,11-12H2,1H3,(H,24,28)(H,23,25,26). The Kier molecular flexibility index (Phi) is 6.34. The smallest absolute Gasteiger partial charge is 0.312 e. The fourth-order valence-electron chi connectivity index (χ4n) is 3.34. The lowest BCUT2D eigenvalue weighted by atomic mass is 10.0. The molecule has 0 unspecified atom stereocenters. The van der Waals surface area contributed by atoms with Crippen LogP contribution in [0.15, 0.2) is 41.9 Å². The molecule has 0 fully saturated rings. The molecular formula is C21H20ClN5O3S. The first kappa shape index (κ1) is 21.1. The van der Waals surface area contributed by atoms with Crippen molar-refractivity contribution in [1.29, 1.82) is 0 Å². The normalized spacial score (nSPS) is 12.8. The Morgan fingerprint density at radius 3 is 2.94 bits per heavy atom. The summed E-state index contributed by atoms with van der Waals surface area (Å²) < 4.78 is 5.27. The van der Waals surface area contributed by atoms with E-state index in [0.717, 1.165) is 16.4 Å². The molecule has 2 amide bonds. The number of nitrogens with zero attached hydrogens (tertiary/aromatic N) is 3. The highest BCUT2D eigenvalue weighted by atomic mass is 35.5. The second kappa shape index (κ2) is 9.32. The zero-order valence-corrected chi connectivity index (χ0v) is 18.3. The van der Waals surface area contributed by atoms with Gasteiger partial charge in [-0.05, 0) is 30.2 Å². The van der Waals surface area contributed by atoms with Gasteiger partial charge in [-0.1, -0.05) is 23.7 Å². The Morgan fingerprint density at radius 1 is 1.29 bits per heavy atom. The summed E-state index contributed by atoms with van der Waals surface area (Å²) in [5.41, 5.74) is 2.45. The quantitative estimate of drug-likeness (QED) is 0.571. The van der Waals surface area contributed by atoms with Gasteiger partial charge in [0.05, 0.1) is 19.3 Å². The van der Waals surface area contributed by atoms with E-state index in [9.17, 15) is 9.59 Å². The lowest BCUT2D eigenvalue weighted by Crippen LogP contribution is -2.45.